The summed E-state index contributed by atoms with van der Waals surface area (Å²) in [5.74, 6) is 1.52. The molecule has 0 aliphatic carbocycles. The molecule has 21 heavy (non-hydrogen) atoms. The van der Waals surface area contributed by atoms with Gasteiger partial charge >= 0.3 is 0 Å². The molecule has 1 unspecified atom stereocenters. The second-order valence-electron chi connectivity index (χ2n) is 4.62. The fraction of sp³-hybridized carbons (Fsp3) is 0.467. The van der Waals surface area contributed by atoms with Crippen LogP contribution >= 0.6 is 11.3 Å². The molecule has 0 saturated carbocycles. The van der Waals surface area contributed by atoms with E-state index in [1.165, 1.54) is 11.2 Å². The minimum atomic E-state index is 0.180. The van der Waals surface area contributed by atoms with Crippen LogP contribution in [-0.2, 0) is 6.42 Å². The number of aromatic nitrogens is 2. The third-order valence-corrected chi connectivity index (χ3v) is 4.17. The molecule has 2 rings (SSSR count). The van der Waals surface area contributed by atoms with Gasteiger partial charge in [-0.1, -0.05) is 6.92 Å². The molecule has 0 aliphatic heterocycles. The first kappa shape index (κ1) is 15.7. The minimum absolute atomic E-state index is 0.180. The highest BCUT2D eigenvalue weighted by molar-refractivity contribution is 7.10. The molecule has 0 saturated heterocycles. The molecule has 6 heteroatoms. The Kier molecular flexibility index (Phi) is 5.95. The molecule has 5 nitrogen and oxygen atoms in total. The Labute approximate surface area is 129 Å². The van der Waals surface area contributed by atoms with Crippen molar-refractivity contribution in [3.63, 3.8) is 0 Å². The van der Waals surface area contributed by atoms with Crippen LogP contribution in [-0.4, -0.2) is 30.7 Å². The van der Waals surface area contributed by atoms with Crippen molar-refractivity contribution in [3.05, 3.63) is 34.4 Å². The number of nitrogens with zero attached hydrogens (tertiary/aromatic N) is 2. The largest absolute Gasteiger partial charge is 0.496 e. The monoisotopic (exact) mass is 307 g/mol. The zero-order chi connectivity index (χ0) is 15.1. The van der Waals surface area contributed by atoms with E-state index in [2.05, 4.69) is 27.6 Å². The summed E-state index contributed by atoms with van der Waals surface area (Å²) >= 11 is 1.70. The topological polar surface area (TPSA) is 56.3 Å². The summed E-state index contributed by atoms with van der Waals surface area (Å²) in [6.07, 6.45) is 3.39. The third-order valence-electron chi connectivity index (χ3n) is 3.16. The molecule has 0 bridgehead atoms. The molecule has 0 aliphatic rings. The van der Waals surface area contributed by atoms with E-state index in [-0.39, 0.29) is 6.04 Å². The summed E-state index contributed by atoms with van der Waals surface area (Å²) in [6, 6.07) is 4.06. The molecule has 2 aromatic heterocycles. The van der Waals surface area contributed by atoms with Gasteiger partial charge in [0.25, 0.3) is 0 Å². The predicted octanol–water partition coefficient (Wildman–Crippen LogP) is 2.84. The number of methoxy groups -OCH3 is 2. The zero-order valence-electron chi connectivity index (χ0n) is 12.6. The van der Waals surface area contributed by atoms with E-state index in [9.17, 15) is 0 Å². The van der Waals surface area contributed by atoms with Gasteiger partial charge in [-0.15, -0.1) is 11.3 Å². The molecular weight excluding hydrogens is 286 g/mol. The molecule has 1 N–H and O–H groups in total. The SMILES string of the molecule is CCCNC(Cc1cc(OC)ncn1)c1sccc1OC. The lowest BCUT2D eigenvalue weighted by Crippen LogP contribution is -2.24. The van der Waals surface area contributed by atoms with Crippen LogP contribution in [0.5, 0.6) is 11.6 Å². The highest BCUT2D eigenvalue weighted by atomic mass is 32.1. The lowest BCUT2D eigenvalue weighted by atomic mass is 10.1. The van der Waals surface area contributed by atoms with Gasteiger partial charge < -0.3 is 14.8 Å². The highest BCUT2D eigenvalue weighted by Crippen LogP contribution is 2.32. The molecule has 0 aromatic carbocycles. The number of hydrogen-bond donors (Lipinski definition) is 1. The minimum Gasteiger partial charge on any atom is -0.496 e. The number of hydrogen-bond acceptors (Lipinski definition) is 6. The van der Waals surface area contributed by atoms with Crippen molar-refractivity contribution in [2.24, 2.45) is 0 Å². The number of ether oxygens (including phenoxy) is 2. The second-order valence-corrected chi connectivity index (χ2v) is 5.56. The summed E-state index contributed by atoms with van der Waals surface area (Å²) < 4.78 is 10.6. The smallest absolute Gasteiger partial charge is 0.216 e. The standard InChI is InChI=1S/C15H21N3O2S/c1-4-6-16-12(15-13(19-2)5-7-21-15)8-11-9-14(20-3)18-10-17-11/h5,7,9-10,12,16H,4,6,8H2,1-3H3. The van der Waals surface area contributed by atoms with Crippen LogP contribution in [0.1, 0.15) is 30.0 Å². The first-order valence-electron chi connectivity index (χ1n) is 6.98. The van der Waals surface area contributed by atoms with E-state index >= 15 is 0 Å². The molecule has 0 amide bonds. The summed E-state index contributed by atoms with van der Waals surface area (Å²) in [7, 11) is 3.32. The van der Waals surface area contributed by atoms with Crippen molar-refractivity contribution in [2.75, 3.05) is 20.8 Å². The van der Waals surface area contributed by atoms with Crippen molar-refractivity contribution in [3.8, 4) is 11.6 Å². The molecule has 0 spiro atoms. The van der Waals surface area contributed by atoms with E-state index < -0.39 is 0 Å². The van der Waals surface area contributed by atoms with Crippen LogP contribution in [0.15, 0.2) is 23.8 Å². The number of thiophene rings is 1. The van der Waals surface area contributed by atoms with Crippen molar-refractivity contribution in [1.82, 2.24) is 15.3 Å². The van der Waals surface area contributed by atoms with Gasteiger partial charge in [0.05, 0.1) is 25.1 Å². The maximum absolute atomic E-state index is 5.44. The first-order chi connectivity index (χ1) is 10.3. The maximum Gasteiger partial charge on any atom is 0.216 e. The summed E-state index contributed by atoms with van der Waals surface area (Å²) in [6.45, 7) is 3.11. The Bertz CT molecular complexity index is 559. The Morgan fingerprint density at radius 3 is 2.86 bits per heavy atom. The maximum atomic E-state index is 5.44. The molecule has 114 valence electrons. The summed E-state index contributed by atoms with van der Waals surface area (Å²) in [4.78, 5) is 9.58. The van der Waals surface area contributed by atoms with Crippen LogP contribution < -0.4 is 14.8 Å². The van der Waals surface area contributed by atoms with E-state index in [1.807, 2.05) is 12.1 Å². The van der Waals surface area contributed by atoms with Gasteiger partial charge in [-0.25, -0.2) is 9.97 Å². The van der Waals surface area contributed by atoms with Crippen molar-refractivity contribution in [2.45, 2.75) is 25.8 Å². The predicted molar refractivity (Wildman–Crippen MR) is 84.2 cm³/mol. The van der Waals surface area contributed by atoms with Crippen molar-refractivity contribution in [1.29, 1.82) is 0 Å². The summed E-state index contributed by atoms with van der Waals surface area (Å²) in [5.41, 5.74) is 0.950. The average molecular weight is 307 g/mol. The van der Waals surface area contributed by atoms with Gasteiger partial charge in [-0.3, -0.25) is 0 Å². The fourth-order valence-corrected chi connectivity index (χ4v) is 3.05. The molecule has 1 atom stereocenters. The van der Waals surface area contributed by atoms with E-state index in [1.54, 1.807) is 25.6 Å². The van der Waals surface area contributed by atoms with E-state index in [0.717, 1.165) is 30.8 Å². The fourth-order valence-electron chi connectivity index (χ4n) is 2.12. The number of rotatable bonds is 8. The van der Waals surface area contributed by atoms with Gasteiger partial charge in [0.2, 0.25) is 5.88 Å². The van der Waals surface area contributed by atoms with E-state index in [0.29, 0.717) is 5.88 Å². The molecule has 0 fully saturated rings. The Balaban J connectivity index is 2.19. The Morgan fingerprint density at radius 1 is 1.29 bits per heavy atom. The lowest BCUT2D eigenvalue weighted by molar-refractivity contribution is 0.393. The van der Waals surface area contributed by atoms with Crippen LogP contribution in [0.4, 0.5) is 0 Å². The second kappa shape index (κ2) is 7.95. The van der Waals surface area contributed by atoms with Gasteiger partial charge in [-0.05, 0) is 24.4 Å². The van der Waals surface area contributed by atoms with Crippen LogP contribution in [0.2, 0.25) is 0 Å². The molecule has 0 radical (unpaired) electrons. The normalized spacial score (nSPS) is 12.1. The van der Waals surface area contributed by atoms with Gasteiger partial charge in [0.1, 0.15) is 12.1 Å². The first-order valence-corrected chi connectivity index (χ1v) is 7.86. The third kappa shape index (κ3) is 4.15. The molecule has 2 aromatic rings. The van der Waals surface area contributed by atoms with Crippen LogP contribution in [0.25, 0.3) is 0 Å². The quantitative estimate of drug-likeness (QED) is 0.812. The van der Waals surface area contributed by atoms with E-state index in [4.69, 9.17) is 9.47 Å². The number of nitrogens with one attached hydrogen (secondary N) is 1. The highest BCUT2D eigenvalue weighted by Gasteiger charge is 2.18. The van der Waals surface area contributed by atoms with Crippen LogP contribution in [0.3, 0.4) is 0 Å². The van der Waals surface area contributed by atoms with Gasteiger partial charge in [-0.2, -0.15) is 0 Å². The Morgan fingerprint density at radius 2 is 2.14 bits per heavy atom. The van der Waals surface area contributed by atoms with Crippen LogP contribution in [0, 0.1) is 0 Å². The average Bonchev–Trinajstić information content (AvgIpc) is 3.00. The summed E-state index contributed by atoms with van der Waals surface area (Å²) in [5, 5.41) is 5.61. The lowest BCUT2D eigenvalue weighted by Gasteiger charge is -2.18. The van der Waals surface area contributed by atoms with Gasteiger partial charge in [0, 0.05) is 18.2 Å². The zero-order valence-corrected chi connectivity index (χ0v) is 13.4. The van der Waals surface area contributed by atoms with Crippen molar-refractivity contribution >= 4 is 11.3 Å². The van der Waals surface area contributed by atoms with Crippen molar-refractivity contribution < 1.29 is 9.47 Å². The molecule has 2 heterocycles. The molecular formula is C15H21N3O2S. The van der Waals surface area contributed by atoms with Gasteiger partial charge in [0.15, 0.2) is 0 Å². The Hall–Kier alpha value is -1.66.